The van der Waals surface area contributed by atoms with Crippen molar-refractivity contribution < 1.29 is 19.8 Å². The minimum absolute atomic E-state index is 0.0377. The molecule has 4 aliphatic rings. The molecule has 192 valence electrons. The molecule has 0 saturated heterocycles. The molecule has 1 aromatic rings. The van der Waals surface area contributed by atoms with Crippen LogP contribution >= 0.6 is 0 Å². The molecule has 35 heavy (non-hydrogen) atoms. The summed E-state index contributed by atoms with van der Waals surface area (Å²) in [5, 5.41) is 21.5. The van der Waals surface area contributed by atoms with Crippen molar-refractivity contribution >= 4 is 11.6 Å². The second kappa shape index (κ2) is 8.80. The summed E-state index contributed by atoms with van der Waals surface area (Å²) in [6.45, 7) is 8.28. The molecule has 0 spiro atoms. The third-order valence-corrected chi connectivity index (χ3v) is 11.9. The maximum Gasteiger partial charge on any atom is 0.161 e. The molecule has 0 bridgehead atoms. The normalized spacial score (nSPS) is 43.5. The Labute approximate surface area is 210 Å². The van der Waals surface area contributed by atoms with Crippen LogP contribution in [0.2, 0.25) is 0 Å². The molecule has 0 aliphatic heterocycles. The van der Waals surface area contributed by atoms with Crippen LogP contribution in [0.4, 0.5) is 0 Å². The summed E-state index contributed by atoms with van der Waals surface area (Å²) < 4.78 is 0. The maximum absolute atomic E-state index is 12.5. The first-order chi connectivity index (χ1) is 16.5. The minimum Gasteiger partial charge on any atom is -0.389 e. The van der Waals surface area contributed by atoms with Gasteiger partial charge in [-0.1, -0.05) is 45.0 Å². The molecule has 4 fully saturated rings. The third-order valence-electron chi connectivity index (χ3n) is 11.9. The quantitative estimate of drug-likeness (QED) is 0.511. The average molecular weight is 481 g/mol. The number of hydrogen-bond donors (Lipinski definition) is 2. The van der Waals surface area contributed by atoms with E-state index in [0.717, 1.165) is 49.7 Å². The van der Waals surface area contributed by atoms with Gasteiger partial charge in [0.1, 0.15) is 6.61 Å². The van der Waals surface area contributed by atoms with Gasteiger partial charge < -0.3 is 10.2 Å². The van der Waals surface area contributed by atoms with Gasteiger partial charge in [-0.3, -0.25) is 9.59 Å². The molecule has 9 atom stereocenters. The van der Waals surface area contributed by atoms with Gasteiger partial charge in [-0.2, -0.15) is 0 Å². The second-order valence-electron chi connectivity index (χ2n) is 13.2. The van der Waals surface area contributed by atoms with Crippen LogP contribution in [0.5, 0.6) is 0 Å². The van der Waals surface area contributed by atoms with E-state index in [0.29, 0.717) is 23.7 Å². The Morgan fingerprint density at radius 3 is 2.29 bits per heavy atom. The average Bonchev–Trinajstić information content (AvgIpc) is 3.21. The predicted octanol–water partition coefficient (Wildman–Crippen LogP) is 5.94. The summed E-state index contributed by atoms with van der Waals surface area (Å²) in [5.41, 5.74) is 1.45. The Balaban J connectivity index is 1.33. The molecule has 0 radical (unpaired) electrons. The van der Waals surface area contributed by atoms with Crippen molar-refractivity contribution in [2.75, 3.05) is 6.61 Å². The molecule has 5 rings (SSSR count). The van der Waals surface area contributed by atoms with E-state index < -0.39 is 5.60 Å². The van der Waals surface area contributed by atoms with Gasteiger partial charge in [0.05, 0.1) is 5.60 Å². The number of benzene rings is 1. The van der Waals surface area contributed by atoms with Gasteiger partial charge in [0.25, 0.3) is 0 Å². The maximum atomic E-state index is 12.5. The third kappa shape index (κ3) is 3.85. The Morgan fingerprint density at radius 1 is 0.943 bits per heavy atom. The zero-order valence-electron chi connectivity index (χ0n) is 22.1. The number of carbonyl (C=O) groups is 2. The molecule has 0 amide bonds. The highest BCUT2D eigenvalue weighted by atomic mass is 16.3. The van der Waals surface area contributed by atoms with Gasteiger partial charge in [0.2, 0.25) is 0 Å². The lowest BCUT2D eigenvalue weighted by Crippen LogP contribution is -2.57. The fourth-order valence-electron chi connectivity index (χ4n) is 9.62. The van der Waals surface area contributed by atoms with Crippen LogP contribution in [-0.2, 0) is 4.79 Å². The number of fused-ring (bicyclic) bond motifs is 5. The lowest BCUT2D eigenvalue weighted by atomic mass is 9.43. The van der Waals surface area contributed by atoms with Crippen LogP contribution in [0.25, 0.3) is 0 Å². The van der Waals surface area contributed by atoms with Crippen LogP contribution in [0, 0.1) is 40.4 Å². The molecule has 0 aromatic heterocycles. The summed E-state index contributed by atoms with van der Waals surface area (Å²) in [4.78, 5) is 24.2. The van der Waals surface area contributed by atoms with Crippen molar-refractivity contribution in [2.45, 2.75) is 97.0 Å². The van der Waals surface area contributed by atoms with Gasteiger partial charge in [0.15, 0.2) is 11.6 Å². The van der Waals surface area contributed by atoms with E-state index in [9.17, 15) is 19.8 Å². The highest BCUT2D eigenvalue weighted by Gasteiger charge is 2.62. The van der Waals surface area contributed by atoms with E-state index in [1.165, 1.54) is 19.3 Å². The largest absolute Gasteiger partial charge is 0.389 e. The molecule has 4 heteroatoms. The summed E-state index contributed by atoms with van der Waals surface area (Å²) in [6, 6.07) is 7.84. The highest BCUT2D eigenvalue weighted by molar-refractivity contribution is 5.94. The Kier molecular flexibility index (Phi) is 6.32. The van der Waals surface area contributed by atoms with E-state index in [1.54, 1.807) is 6.92 Å². The Hall–Kier alpha value is -1.52. The predicted molar refractivity (Wildman–Crippen MR) is 137 cm³/mol. The van der Waals surface area contributed by atoms with Gasteiger partial charge >= 0.3 is 0 Å². The molecular formula is C31H44O4. The fraction of sp³-hybridized carbons (Fsp3) is 0.742. The van der Waals surface area contributed by atoms with Crippen molar-refractivity contribution in [3.8, 4) is 0 Å². The van der Waals surface area contributed by atoms with E-state index in [-0.39, 0.29) is 40.8 Å². The molecule has 2 N–H and O–H groups in total. The number of rotatable bonds is 5. The van der Waals surface area contributed by atoms with E-state index >= 15 is 0 Å². The van der Waals surface area contributed by atoms with E-state index in [2.05, 4.69) is 20.8 Å². The molecule has 1 unspecified atom stereocenters. The van der Waals surface area contributed by atoms with Gasteiger partial charge in [-0.05, 0) is 105 Å². The fourth-order valence-corrected chi connectivity index (χ4v) is 9.62. The molecule has 4 aliphatic carbocycles. The lowest BCUT2D eigenvalue weighted by molar-refractivity contribution is -0.158. The smallest absolute Gasteiger partial charge is 0.161 e. The topological polar surface area (TPSA) is 74.6 Å². The van der Waals surface area contributed by atoms with Crippen LogP contribution in [0.15, 0.2) is 24.3 Å². The summed E-state index contributed by atoms with van der Waals surface area (Å²) in [5.74, 6) is 2.69. The molecule has 0 heterocycles. The summed E-state index contributed by atoms with van der Waals surface area (Å²) in [6.07, 6.45) is 9.48. The van der Waals surface area contributed by atoms with Crippen LogP contribution in [0.1, 0.15) is 107 Å². The van der Waals surface area contributed by atoms with Crippen molar-refractivity contribution in [1.29, 1.82) is 0 Å². The van der Waals surface area contributed by atoms with Crippen LogP contribution < -0.4 is 0 Å². The van der Waals surface area contributed by atoms with Crippen molar-refractivity contribution in [3.63, 3.8) is 0 Å². The van der Waals surface area contributed by atoms with Crippen LogP contribution in [0.3, 0.4) is 0 Å². The summed E-state index contributed by atoms with van der Waals surface area (Å²) in [7, 11) is 0. The number of hydrogen-bond acceptors (Lipinski definition) is 4. The first kappa shape index (κ1) is 25.1. The molecule has 1 aromatic carbocycles. The zero-order valence-corrected chi connectivity index (χ0v) is 22.1. The summed E-state index contributed by atoms with van der Waals surface area (Å²) >= 11 is 0. The monoisotopic (exact) mass is 480 g/mol. The second-order valence-corrected chi connectivity index (χ2v) is 13.2. The molecular weight excluding hydrogens is 436 g/mol. The standard InChI is InChI=1S/C31H44O4/c1-19(21-5-7-22(8-6-21)20(2)33)31(35)16-15-29(3)23(17-31)9-10-24-25-11-12-27(28(34)18-32)30(25,4)14-13-26(24)29/h5-8,19,23-27,32,35H,9-18H2,1-4H3/t19?,23-,24+,25+,26+,27-,29+,30+,31-/m1/s1. The van der Waals surface area contributed by atoms with Gasteiger partial charge in [0, 0.05) is 17.4 Å². The molecule has 4 saturated carbocycles. The van der Waals surface area contributed by atoms with Crippen LogP contribution in [-0.4, -0.2) is 34.0 Å². The van der Waals surface area contributed by atoms with Crippen molar-refractivity contribution in [2.24, 2.45) is 40.4 Å². The lowest BCUT2D eigenvalue weighted by Gasteiger charge is -2.62. The number of Topliss-reactive ketones (excluding diaryl/α,β-unsaturated/α-hetero) is 2. The Morgan fingerprint density at radius 2 is 1.63 bits per heavy atom. The Bertz CT molecular complexity index is 984. The zero-order chi connectivity index (χ0) is 25.2. The first-order valence-electron chi connectivity index (χ1n) is 14.0. The van der Waals surface area contributed by atoms with E-state index in [4.69, 9.17) is 0 Å². The minimum atomic E-state index is -0.704. The first-order valence-corrected chi connectivity index (χ1v) is 14.0. The number of aliphatic hydroxyl groups is 2. The van der Waals surface area contributed by atoms with E-state index in [1.807, 2.05) is 24.3 Å². The molecule has 4 nitrogen and oxygen atoms in total. The van der Waals surface area contributed by atoms with Gasteiger partial charge in [-0.15, -0.1) is 0 Å². The highest BCUT2D eigenvalue weighted by Crippen LogP contribution is 2.68. The SMILES string of the molecule is CC(=O)c1ccc(C(C)[C@@]2(O)CC[C@@]3(C)[C@H](CC[C@@H]4[C@@H]3CC[C@]3(C)[C@@H](C(=O)CO)CC[C@@H]43)C2)cc1. The number of aliphatic hydroxyl groups excluding tert-OH is 1. The number of ketones is 2. The van der Waals surface area contributed by atoms with Crippen molar-refractivity contribution in [3.05, 3.63) is 35.4 Å². The van der Waals surface area contributed by atoms with Gasteiger partial charge in [-0.25, -0.2) is 0 Å². The number of carbonyl (C=O) groups excluding carboxylic acids is 2. The van der Waals surface area contributed by atoms with Crippen molar-refractivity contribution in [1.82, 2.24) is 0 Å².